The van der Waals surface area contributed by atoms with Crippen molar-refractivity contribution in [2.24, 2.45) is 12.8 Å². The summed E-state index contributed by atoms with van der Waals surface area (Å²) in [6.45, 7) is 5.43. The van der Waals surface area contributed by atoms with Crippen molar-refractivity contribution in [1.82, 2.24) is 19.4 Å². The molecule has 8 heteroatoms. The van der Waals surface area contributed by atoms with Crippen LogP contribution in [0.15, 0.2) is 48.9 Å². The summed E-state index contributed by atoms with van der Waals surface area (Å²) < 4.78 is 8.47. The maximum absolute atomic E-state index is 13.6. The van der Waals surface area contributed by atoms with Gasteiger partial charge in [-0.3, -0.25) is 4.79 Å². The van der Waals surface area contributed by atoms with Gasteiger partial charge >= 0.3 is 0 Å². The third-order valence-electron chi connectivity index (χ3n) is 8.08. The van der Waals surface area contributed by atoms with Crippen LogP contribution in [0.3, 0.4) is 0 Å². The maximum Gasteiger partial charge on any atom is 0.232 e. The number of hydrogen-bond donors (Lipinski definition) is 1. The van der Waals surface area contributed by atoms with Gasteiger partial charge in [-0.15, -0.1) is 0 Å². The molecular weight excluding hydrogens is 488 g/mol. The van der Waals surface area contributed by atoms with Crippen molar-refractivity contribution in [2.75, 3.05) is 27.7 Å². The van der Waals surface area contributed by atoms with Crippen LogP contribution in [0.25, 0.3) is 0 Å². The zero-order valence-electron chi connectivity index (χ0n) is 24.0. The van der Waals surface area contributed by atoms with Gasteiger partial charge in [-0.05, 0) is 69.6 Å². The molecule has 1 aliphatic rings. The van der Waals surface area contributed by atoms with E-state index in [9.17, 15) is 10.1 Å². The fourth-order valence-corrected chi connectivity index (χ4v) is 5.71. The summed E-state index contributed by atoms with van der Waals surface area (Å²) in [5.74, 6) is 1.23. The second-order valence-electron chi connectivity index (χ2n) is 11.2. The molecule has 8 nitrogen and oxygen atoms in total. The summed E-state index contributed by atoms with van der Waals surface area (Å²) in [5.41, 5.74) is 9.34. The summed E-state index contributed by atoms with van der Waals surface area (Å²) in [6, 6.07) is 13.9. The van der Waals surface area contributed by atoms with Crippen molar-refractivity contribution in [3.63, 3.8) is 0 Å². The van der Waals surface area contributed by atoms with Crippen LogP contribution in [0.5, 0.6) is 11.5 Å². The molecule has 2 heterocycles. The van der Waals surface area contributed by atoms with Crippen LogP contribution in [-0.4, -0.2) is 52.9 Å². The van der Waals surface area contributed by atoms with Gasteiger partial charge in [-0.1, -0.05) is 31.5 Å². The number of nitrogens with two attached hydrogens (primary N) is 1. The SMILES string of the molecule is CC[C@@]1(c2ccc(CN(C)C)c(Oc3cc(C(C)(N)c4cncn4C)ccc3C#N)c2)CCCCN(C)C1=O. The summed E-state index contributed by atoms with van der Waals surface area (Å²) in [4.78, 5) is 21.8. The van der Waals surface area contributed by atoms with E-state index in [0.29, 0.717) is 30.0 Å². The van der Waals surface area contributed by atoms with Crippen LogP contribution in [0.2, 0.25) is 0 Å². The largest absolute Gasteiger partial charge is 0.456 e. The summed E-state index contributed by atoms with van der Waals surface area (Å²) in [5, 5.41) is 9.93. The number of carbonyl (C=O) groups is 1. The average Bonchev–Trinajstić information content (AvgIpc) is 3.29. The van der Waals surface area contributed by atoms with E-state index in [2.05, 4.69) is 35.0 Å². The predicted molar refractivity (Wildman–Crippen MR) is 152 cm³/mol. The molecule has 0 radical (unpaired) electrons. The van der Waals surface area contributed by atoms with Gasteiger partial charge in [0.15, 0.2) is 0 Å². The molecule has 4 rings (SSSR count). The van der Waals surface area contributed by atoms with Crippen molar-refractivity contribution in [3.8, 4) is 17.6 Å². The number of aryl methyl sites for hydroxylation is 1. The van der Waals surface area contributed by atoms with Crippen LogP contribution < -0.4 is 10.5 Å². The number of nitriles is 1. The normalized spacial score (nSPS) is 19.5. The van der Waals surface area contributed by atoms with Gasteiger partial charge in [0.25, 0.3) is 0 Å². The lowest BCUT2D eigenvalue weighted by Crippen LogP contribution is -2.43. The highest BCUT2D eigenvalue weighted by Gasteiger charge is 2.41. The second kappa shape index (κ2) is 11.2. The Morgan fingerprint density at radius 2 is 1.95 bits per heavy atom. The van der Waals surface area contributed by atoms with Gasteiger partial charge in [-0.25, -0.2) is 4.98 Å². The van der Waals surface area contributed by atoms with E-state index in [-0.39, 0.29) is 5.91 Å². The van der Waals surface area contributed by atoms with Crippen molar-refractivity contribution in [2.45, 2.75) is 57.0 Å². The molecule has 1 aromatic heterocycles. The molecule has 1 aliphatic heterocycles. The van der Waals surface area contributed by atoms with E-state index in [4.69, 9.17) is 10.5 Å². The van der Waals surface area contributed by atoms with Crippen LogP contribution in [-0.2, 0) is 29.3 Å². The number of aromatic nitrogens is 2. The lowest BCUT2D eigenvalue weighted by molar-refractivity contribution is -0.135. The first kappa shape index (κ1) is 28.3. The van der Waals surface area contributed by atoms with E-state index in [1.807, 2.05) is 62.8 Å². The lowest BCUT2D eigenvalue weighted by Gasteiger charge is -2.34. The number of rotatable bonds is 8. The highest BCUT2D eigenvalue weighted by Crippen LogP contribution is 2.41. The molecule has 1 saturated heterocycles. The number of benzene rings is 2. The summed E-state index contributed by atoms with van der Waals surface area (Å²) in [6.07, 6.45) is 6.97. The standard InChI is InChI=1S/C31H40N6O2/c1-7-31(14-8-9-15-36(5)29(31)38)25-13-11-23(20-35(3)4)27(17-25)39-26-16-24(12-10-22(26)18-32)30(2,33)28-19-34-21-37(28)6/h10-13,16-17,19,21H,7-9,14-15,20,33H2,1-6H3/t30?,31-/m0/s1. The second-order valence-corrected chi connectivity index (χ2v) is 11.2. The fourth-order valence-electron chi connectivity index (χ4n) is 5.71. The minimum absolute atomic E-state index is 0.156. The van der Waals surface area contributed by atoms with Gasteiger partial charge in [0.05, 0.1) is 34.7 Å². The van der Waals surface area contributed by atoms with Crippen molar-refractivity contribution in [1.29, 1.82) is 5.26 Å². The van der Waals surface area contributed by atoms with E-state index in [0.717, 1.165) is 48.2 Å². The molecule has 1 fully saturated rings. The molecular formula is C31H40N6O2. The van der Waals surface area contributed by atoms with Gasteiger partial charge in [0.1, 0.15) is 17.6 Å². The minimum atomic E-state index is -0.852. The number of hydrogen-bond acceptors (Lipinski definition) is 6. The van der Waals surface area contributed by atoms with Gasteiger partial charge in [0.2, 0.25) is 5.91 Å². The molecule has 206 valence electrons. The molecule has 39 heavy (non-hydrogen) atoms. The number of imidazole rings is 1. The first-order chi connectivity index (χ1) is 18.5. The number of amides is 1. The topological polar surface area (TPSA) is 100 Å². The minimum Gasteiger partial charge on any atom is -0.456 e. The molecule has 2 N–H and O–H groups in total. The van der Waals surface area contributed by atoms with E-state index in [1.54, 1.807) is 18.6 Å². The predicted octanol–water partition coefficient (Wildman–Crippen LogP) is 4.66. The van der Waals surface area contributed by atoms with Crippen LogP contribution in [0.1, 0.15) is 67.5 Å². The van der Waals surface area contributed by atoms with Gasteiger partial charge in [-0.2, -0.15) is 5.26 Å². The third-order valence-corrected chi connectivity index (χ3v) is 8.08. The average molecular weight is 529 g/mol. The maximum atomic E-state index is 13.6. The Kier molecular flexibility index (Phi) is 8.15. The Morgan fingerprint density at radius 1 is 1.18 bits per heavy atom. The monoisotopic (exact) mass is 528 g/mol. The quantitative estimate of drug-likeness (QED) is 0.457. The molecule has 0 bridgehead atoms. The van der Waals surface area contributed by atoms with Crippen LogP contribution in [0, 0.1) is 11.3 Å². The zero-order valence-corrected chi connectivity index (χ0v) is 24.0. The molecule has 0 saturated carbocycles. The summed E-state index contributed by atoms with van der Waals surface area (Å²) >= 11 is 0. The Balaban J connectivity index is 1.82. The van der Waals surface area contributed by atoms with Gasteiger partial charge < -0.3 is 24.8 Å². The molecule has 1 amide bonds. The molecule has 1 unspecified atom stereocenters. The van der Waals surface area contributed by atoms with Crippen LogP contribution in [0.4, 0.5) is 0 Å². The van der Waals surface area contributed by atoms with Crippen molar-refractivity contribution < 1.29 is 9.53 Å². The first-order valence-electron chi connectivity index (χ1n) is 13.6. The Bertz CT molecular complexity index is 1390. The smallest absolute Gasteiger partial charge is 0.232 e. The first-order valence-corrected chi connectivity index (χ1v) is 13.6. The number of likely N-dealkylation sites (N-methyl/N-ethyl adjacent to an activating group) is 1. The molecule has 2 aromatic carbocycles. The Morgan fingerprint density at radius 3 is 2.59 bits per heavy atom. The summed E-state index contributed by atoms with van der Waals surface area (Å²) in [7, 11) is 7.81. The Labute approximate surface area is 232 Å². The van der Waals surface area contributed by atoms with Crippen molar-refractivity contribution >= 4 is 5.91 Å². The molecule has 0 spiro atoms. The fraction of sp³-hybridized carbons (Fsp3) is 0.452. The van der Waals surface area contributed by atoms with E-state index < -0.39 is 11.0 Å². The van der Waals surface area contributed by atoms with E-state index in [1.165, 1.54) is 0 Å². The zero-order chi connectivity index (χ0) is 28.4. The molecule has 0 aliphatic carbocycles. The lowest BCUT2D eigenvalue weighted by atomic mass is 9.73. The third kappa shape index (κ3) is 5.42. The van der Waals surface area contributed by atoms with Gasteiger partial charge in [0, 0.05) is 32.7 Å². The number of carbonyl (C=O) groups excluding carboxylic acids is 1. The molecule has 2 atom stereocenters. The highest BCUT2D eigenvalue weighted by molar-refractivity contribution is 5.88. The van der Waals surface area contributed by atoms with Crippen molar-refractivity contribution in [3.05, 3.63) is 76.9 Å². The molecule has 3 aromatic rings. The van der Waals surface area contributed by atoms with E-state index >= 15 is 0 Å². The number of ether oxygens (including phenoxy) is 1. The Hall–Kier alpha value is -3.67. The number of likely N-dealkylation sites (tertiary alicyclic amines) is 1. The van der Waals surface area contributed by atoms with Crippen LogP contribution >= 0.6 is 0 Å². The highest BCUT2D eigenvalue weighted by atomic mass is 16.5. The number of nitrogens with zero attached hydrogens (tertiary/aromatic N) is 5.